The molecule has 3 aromatic rings. The number of nitrogens with one attached hydrogen (secondary N) is 1. The Labute approximate surface area is 160 Å². The minimum absolute atomic E-state index is 0.0261. The molecule has 1 unspecified atom stereocenters. The second-order valence-electron chi connectivity index (χ2n) is 6.63. The first-order chi connectivity index (χ1) is 13.5. The number of methoxy groups -OCH3 is 1. The number of ketones is 1. The topological polar surface area (TPSA) is 73.2 Å². The summed E-state index contributed by atoms with van der Waals surface area (Å²) in [7, 11) is 1.58. The fourth-order valence-corrected chi connectivity index (χ4v) is 3.50. The summed E-state index contributed by atoms with van der Waals surface area (Å²) >= 11 is 0. The van der Waals surface area contributed by atoms with Gasteiger partial charge in [-0.2, -0.15) is 5.10 Å². The number of ether oxygens (including phenoxy) is 1. The maximum atomic E-state index is 13.2. The van der Waals surface area contributed by atoms with Gasteiger partial charge in [0.15, 0.2) is 5.78 Å². The van der Waals surface area contributed by atoms with Gasteiger partial charge in [0, 0.05) is 17.5 Å². The van der Waals surface area contributed by atoms with Gasteiger partial charge >= 0.3 is 0 Å². The summed E-state index contributed by atoms with van der Waals surface area (Å²) in [5, 5.41) is 7.38. The van der Waals surface area contributed by atoms with E-state index in [9.17, 15) is 14.0 Å². The third kappa shape index (κ3) is 3.05. The predicted molar refractivity (Wildman–Crippen MR) is 102 cm³/mol. The normalized spacial score (nSPS) is 15.7. The van der Waals surface area contributed by atoms with E-state index in [0.717, 1.165) is 5.69 Å². The maximum Gasteiger partial charge on any atom is 0.226 e. The van der Waals surface area contributed by atoms with Crippen LogP contribution in [0.4, 0.5) is 10.2 Å². The van der Waals surface area contributed by atoms with Crippen LogP contribution in [0, 0.1) is 12.7 Å². The van der Waals surface area contributed by atoms with Crippen LogP contribution >= 0.6 is 0 Å². The number of Topliss-reactive ketones (excluding diaryl/α,β-unsaturated/α-hetero) is 1. The highest BCUT2D eigenvalue weighted by molar-refractivity contribution is 6.07. The number of halogens is 1. The first-order valence-electron chi connectivity index (χ1n) is 8.81. The number of nitrogens with zero attached hydrogens (tertiary/aromatic N) is 2. The summed E-state index contributed by atoms with van der Waals surface area (Å²) in [6.45, 7) is 1.81. The summed E-state index contributed by atoms with van der Waals surface area (Å²) in [6.07, 6.45) is 0.0261. The van der Waals surface area contributed by atoms with Crippen molar-refractivity contribution in [3.8, 4) is 11.4 Å². The van der Waals surface area contributed by atoms with Gasteiger partial charge in [-0.25, -0.2) is 9.07 Å². The summed E-state index contributed by atoms with van der Waals surface area (Å²) in [6, 6.07) is 12.6. The third-order valence-corrected chi connectivity index (χ3v) is 4.86. The molecule has 0 saturated heterocycles. The molecule has 1 aromatic heterocycles. The molecule has 142 valence electrons. The number of aryl methyl sites for hydroxylation is 1. The molecule has 0 radical (unpaired) electrons. The zero-order chi connectivity index (χ0) is 19.8. The summed E-state index contributed by atoms with van der Waals surface area (Å²) < 4.78 is 20.0. The Morgan fingerprint density at radius 3 is 2.50 bits per heavy atom. The molecule has 6 nitrogen and oxygen atoms in total. The van der Waals surface area contributed by atoms with Gasteiger partial charge in [-0.1, -0.05) is 0 Å². The van der Waals surface area contributed by atoms with E-state index in [1.165, 1.54) is 24.3 Å². The summed E-state index contributed by atoms with van der Waals surface area (Å²) in [5.74, 6) is -0.381. The van der Waals surface area contributed by atoms with Crippen LogP contribution in [0.2, 0.25) is 0 Å². The van der Waals surface area contributed by atoms with Gasteiger partial charge in [-0.15, -0.1) is 0 Å². The van der Waals surface area contributed by atoms with Crippen LogP contribution < -0.4 is 10.1 Å². The smallest absolute Gasteiger partial charge is 0.226 e. The molecule has 1 N–H and O–H groups in total. The molecule has 0 aliphatic carbocycles. The number of carbonyl (C=O) groups is 2. The molecular formula is C21H18FN3O3. The lowest BCUT2D eigenvalue weighted by Crippen LogP contribution is -2.28. The molecule has 28 heavy (non-hydrogen) atoms. The predicted octanol–water partition coefficient (Wildman–Crippen LogP) is 3.64. The van der Waals surface area contributed by atoms with Gasteiger partial charge in [0.25, 0.3) is 0 Å². The number of aromatic nitrogens is 2. The Hall–Kier alpha value is -3.48. The molecule has 1 aliphatic rings. The number of anilines is 1. The highest BCUT2D eigenvalue weighted by Gasteiger charge is 2.36. The summed E-state index contributed by atoms with van der Waals surface area (Å²) in [5.41, 5.74) is 2.44. The maximum absolute atomic E-state index is 13.2. The molecular weight excluding hydrogens is 361 g/mol. The van der Waals surface area contributed by atoms with Crippen molar-refractivity contribution >= 4 is 17.5 Å². The van der Waals surface area contributed by atoms with Crippen molar-refractivity contribution in [1.82, 2.24) is 9.78 Å². The van der Waals surface area contributed by atoms with Gasteiger partial charge in [0.05, 0.1) is 24.4 Å². The van der Waals surface area contributed by atoms with Crippen molar-refractivity contribution in [2.75, 3.05) is 12.4 Å². The molecule has 1 amide bonds. The fraction of sp³-hybridized carbons (Fsp3) is 0.190. The first-order valence-corrected chi connectivity index (χ1v) is 8.81. The van der Waals surface area contributed by atoms with Gasteiger partial charge in [-0.3, -0.25) is 9.59 Å². The Morgan fingerprint density at radius 2 is 1.86 bits per heavy atom. The van der Waals surface area contributed by atoms with E-state index in [4.69, 9.17) is 4.74 Å². The number of rotatable bonds is 4. The van der Waals surface area contributed by atoms with Gasteiger partial charge < -0.3 is 10.1 Å². The monoisotopic (exact) mass is 379 g/mol. The lowest BCUT2D eigenvalue weighted by molar-refractivity contribution is -0.116. The second kappa shape index (κ2) is 6.92. The number of amides is 1. The fourth-order valence-electron chi connectivity index (χ4n) is 3.50. The molecule has 0 spiro atoms. The number of hydrogen-bond donors (Lipinski definition) is 1. The minimum atomic E-state index is -0.666. The molecule has 2 aromatic carbocycles. The summed E-state index contributed by atoms with van der Waals surface area (Å²) in [4.78, 5) is 25.4. The Balaban J connectivity index is 1.78. The van der Waals surface area contributed by atoms with E-state index < -0.39 is 11.7 Å². The average Bonchev–Trinajstić information content (AvgIpc) is 3.03. The quantitative estimate of drug-likeness (QED) is 0.703. The molecule has 2 heterocycles. The zero-order valence-corrected chi connectivity index (χ0v) is 15.4. The number of benzene rings is 2. The van der Waals surface area contributed by atoms with E-state index in [2.05, 4.69) is 10.4 Å². The van der Waals surface area contributed by atoms with Gasteiger partial charge in [0.1, 0.15) is 17.4 Å². The Kier molecular flexibility index (Phi) is 4.43. The van der Waals surface area contributed by atoms with Crippen molar-refractivity contribution in [3.63, 3.8) is 0 Å². The van der Waals surface area contributed by atoms with E-state index in [-0.39, 0.29) is 18.1 Å². The molecule has 7 heteroatoms. The number of carbonyl (C=O) groups excluding carboxylic acids is 2. The molecule has 1 aliphatic heterocycles. The van der Waals surface area contributed by atoms with Gasteiger partial charge in [0.2, 0.25) is 5.91 Å². The van der Waals surface area contributed by atoms with E-state index in [0.29, 0.717) is 28.4 Å². The van der Waals surface area contributed by atoms with Crippen LogP contribution in [0.3, 0.4) is 0 Å². The highest BCUT2D eigenvalue weighted by Crippen LogP contribution is 2.38. The molecule has 0 bridgehead atoms. The number of fused-ring (bicyclic) bond motifs is 1. The number of hydrogen-bond acceptors (Lipinski definition) is 4. The SMILES string of the molecule is COc1ccc(-n2nc(C)c3c2NC(=O)CC3C(=O)c2ccc(F)cc2)cc1. The van der Waals surface area contributed by atoms with Crippen LogP contribution in [-0.2, 0) is 4.79 Å². The van der Waals surface area contributed by atoms with Crippen molar-refractivity contribution in [2.24, 2.45) is 0 Å². The Bertz CT molecular complexity index is 1060. The van der Waals surface area contributed by atoms with E-state index in [1.807, 2.05) is 12.1 Å². The second-order valence-corrected chi connectivity index (χ2v) is 6.63. The highest BCUT2D eigenvalue weighted by atomic mass is 19.1. The molecule has 4 rings (SSSR count). The largest absolute Gasteiger partial charge is 0.497 e. The standard InChI is InChI=1S/C21H18FN3O3/c1-12-19-17(20(27)13-3-5-14(22)6-4-13)11-18(26)23-21(19)25(24-12)15-7-9-16(28-2)10-8-15/h3-10,17H,11H2,1-2H3,(H,23,26). The van der Waals surface area contributed by atoms with Crippen molar-refractivity contribution in [3.05, 3.63) is 71.2 Å². The zero-order valence-electron chi connectivity index (χ0n) is 15.4. The minimum Gasteiger partial charge on any atom is -0.497 e. The van der Waals surface area contributed by atoms with Crippen LogP contribution in [0.25, 0.3) is 5.69 Å². The molecule has 0 fully saturated rings. The molecule has 1 atom stereocenters. The van der Waals surface area contributed by atoms with Crippen molar-refractivity contribution < 1.29 is 18.7 Å². The average molecular weight is 379 g/mol. The van der Waals surface area contributed by atoms with Crippen molar-refractivity contribution in [2.45, 2.75) is 19.3 Å². The van der Waals surface area contributed by atoms with Gasteiger partial charge in [-0.05, 0) is 55.5 Å². The van der Waals surface area contributed by atoms with Crippen LogP contribution in [0.1, 0.15) is 34.0 Å². The lowest BCUT2D eigenvalue weighted by Gasteiger charge is -2.23. The molecule has 0 saturated carbocycles. The van der Waals surface area contributed by atoms with Crippen molar-refractivity contribution in [1.29, 1.82) is 0 Å². The first kappa shape index (κ1) is 17.9. The third-order valence-electron chi connectivity index (χ3n) is 4.86. The van der Waals surface area contributed by atoms with Crippen LogP contribution in [-0.4, -0.2) is 28.6 Å². The van der Waals surface area contributed by atoms with E-state index in [1.54, 1.807) is 30.8 Å². The lowest BCUT2D eigenvalue weighted by atomic mass is 9.85. The Morgan fingerprint density at radius 1 is 1.18 bits per heavy atom. The van der Waals surface area contributed by atoms with Crippen LogP contribution in [0.15, 0.2) is 48.5 Å². The van der Waals surface area contributed by atoms with Crippen LogP contribution in [0.5, 0.6) is 5.75 Å². The van der Waals surface area contributed by atoms with E-state index >= 15 is 0 Å².